The molecule has 0 spiro atoms. The lowest BCUT2D eigenvalue weighted by Crippen LogP contribution is -2.34. The zero-order valence-corrected chi connectivity index (χ0v) is 17.6. The van der Waals surface area contributed by atoms with E-state index in [9.17, 15) is 8.42 Å². The summed E-state index contributed by atoms with van der Waals surface area (Å²) in [5.74, 6) is 0. The third-order valence-corrected chi connectivity index (χ3v) is 6.34. The Kier molecular flexibility index (Phi) is 6.03. The van der Waals surface area contributed by atoms with Crippen LogP contribution in [0.5, 0.6) is 0 Å². The third kappa shape index (κ3) is 4.52. The van der Waals surface area contributed by atoms with E-state index in [1.807, 2.05) is 92.6 Å². The summed E-state index contributed by atoms with van der Waals surface area (Å²) in [4.78, 5) is 4.34. The average molecular weight is 398 g/mol. The normalized spacial score (nSPS) is 13.0. The number of rotatable bonds is 7. The largest absolute Gasteiger partial charge is 0.378 e. The number of hydrogen-bond donors (Lipinski definition) is 1. The molecule has 0 saturated heterocycles. The van der Waals surface area contributed by atoms with Crippen LogP contribution in [0.2, 0.25) is 0 Å². The van der Waals surface area contributed by atoms with E-state index < -0.39 is 10.0 Å². The fourth-order valence-electron chi connectivity index (χ4n) is 3.20. The Hall–Kier alpha value is -2.41. The first-order chi connectivity index (χ1) is 13.3. The van der Waals surface area contributed by atoms with Gasteiger partial charge < -0.3 is 9.80 Å². The quantitative estimate of drug-likeness (QED) is 0.663. The first kappa shape index (κ1) is 20.3. The molecule has 148 valence electrons. The van der Waals surface area contributed by atoms with E-state index in [0.29, 0.717) is 6.54 Å². The molecule has 3 aromatic rings. The molecule has 0 bridgehead atoms. The van der Waals surface area contributed by atoms with Crippen LogP contribution in [0.15, 0.2) is 71.6 Å². The van der Waals surface area contributed by atoms with Crippen molar-refractivity contribution >= 4 is 26.5 Å². The van der Waals surface area contributed by atoms with Gasteiger partial charge in [-0.05, 0) is 54.7 Å². The van der Waals surface area contributed by atoms with Gasteiger partial charge in [0.2, 0.25) is 10.0 Å². The number of nitrogens with one attached hydrogen (secondary N) is 1. The number of hydrogen-bond acceptors (Lipinski definition) is 4. The van der Waals surface area contributed by atoms with Gasteiger partial charge >= 0.3 is 0 Å². The predicted molar refractivity (Wildman–Crippen MR) is 116 cm³/mol. The van der Waals surface area contributed by atoms with Crippen LogP contribution < -0.4 is 9.62 Å². The number of benzene rings is 3. The highest BCUT2D eigenvalue weighted by Crippen LogP contribution is 2.23. The summed E-state index contributed by atoms with van der Waals surface area (Å²) in [5, 5.41) is 1.93. The highest BCUT2D eigenvalue weighted by Gasteiger charge is 2.20. The lowest BCUT2D eigenvalue weighted by molar-refractivity contribution is 0.299. The summed E-state index contributed by atoms with van der Waals surface area (Å²) < 4.78 is 28.5. The van der Waals surface area contributed by atoms with Gasteiger partial charge in [-0.1, -0.05) is 42.5 Å². The average Bonchev–Trinajstić information content (AvgIpc) is 2.67. The second-order valence-corrected chi connectivity index (χ2v) is 9.09. The Labute approximate surface area is 167 Å². The zero-order chi connectivity index (χ0) is 20.3. The van der Waals surface area contributed by atoms with E-state index in [4.69, 9.17) is 0 Å². The van der Waals surface area contributed by atoms with Crippen LogP contribution in [0, 0.1) is 0 Å². The molecule has 0 aliphatic rings. The van der Waals surface area contributed by atoms with Crippen molar-refractivity contribution in [3.63, 3.8) is 0 Å². The van der Waals surface area contributed by atoms with Crippen LogP contribution in [0.3, 0.4) is 0 Å². The van der Waals surface area contributed by atoms with Gasteiger partial charge in [0.1, 0.15) is 0 Å². The Morgan fingerprint density at radius 2 is 1.50 bits per heavy atom. The monoisotopic (exact) mass is 397 g/mol. The molecule has 0 aromatic heterocycles. The molecular formula is C22H27N3O2S. The topological polar surface area (TPSA) is 52.7 Å². The van der Waals surface area contributed by atoms with Crippen LogP contribution in [-0.2, 0) is 10.0 Å². The maximum atomic E-state index is 12.8. The maximum absolute atomic E-state index is 12.8. The molecule has 0 aliphatic carbocycles. The Morgan fingerprint density at radius 3 is 2.11 bits per heavy atom. The van der Waals surface area contributed by atoms with Gasteiger partial charge in [-0.2, -0.15) is 0 Å². The van der Waals surface area contributed by atoms with Crippen LogP contribution in [0.1, 0.15) is 11.6 Å². The molecule has 1 N–H and O–H groups in total. The van der Waals surface area contributed by atoms with Gasteiger partial charge in [-0.25, -0.2) is 13.1 Å². The predicted octanol–water partition coefficient (Wildman–Crippen LogP) is 3.49. The van der Waals surface area contributed by atoms with Crippen LogP contribution in [0.4, 0.5) is 5.69 Å². The summed E-state index contributed by atoms with van der Waals surface area (Å²) >= 11 is 0. The summed E-state index contributed by atoms with van der Waals surface area (Å²) in [6, 6.07) is 21.1. The van der Waals surface area contributed by atoms with Gasteiger partial charge in [-0.3, -0.25) is 0 Å². The lowest BCUT2D eigenvalue weighted by atomic mass is 10.1. The van der Waals surface area contributed by atoms with Crippen molar-refractivity contribution in [2.75, 3.05) is 39.6 Å². The fraction of sp³-hybridized carbons (Fsp3) is 0.273. The molecule has 0 saturated carbocycles. The van der Waals surface area contributed by atoms with E-state index in [0.717, 1.165) is 22.0 Å². The van der Waals surface area contributed by atoms with E-state index in [1.165, 1.54) is 0 Å². The van der Waals surface area contributed by atoms with Crippen molar-refractivity contribution in [2.45, 2.75) is 10.9 Å². The Morgan fingerprint density at radius 1 is 0.857 bits per heavy atom. The first-order valence-corrected chi connectivity index (χ1v) is 10.7. The second kappa shape index (κ2) is 8.31. The van der Waals surface area contributed by atoms with Gasteiger partial charge in [0.15, 0.2) is 0 Å². The van der Waals surface area contributed by atoms with E-state index in [2.05, 4.69) is 4.72 Å². The maximum Gasteiger partial charge on any atom is 0.240 e. The minimum atomic E-state index is -3.59. The van der Waals surface area contributed by atoms with Crippen molar-refractivity contribution in [3.8, 4) is 0 Å². The third-order valence-electron chi connectivity index (χ3n) is 4.92. The molecule has 28 heavy (non-hydrogen) atoms. The summed E-state index contributed by atoms with van der Waals surface area (Å²) in [7, 11) is 4.30. The summed E-state index contributed by atoms with van der Waals surface area (Å²) in [6.45, 7) is 0.295. The molecule has 1 atom stereocenters. The zero-order valence-electron chi connectivity index (χ0n) is 16.8. The summed E-state index contributed by atoms with van der Waals surface area (Å²) in [6.07, 6.45) is 0. The fourth-order valence-corrected chi connectivity index (χ4v) is 4.27. The number of anilines is 1. The molecule has 0 aliphatic heterocycles. The smallest absolute Gasteiger partial charge is 0.240 e. The number of nitrogens with zero attached hydrogens (tertiary/aromatic N) is 2. The van der Waals surface area contributed by atoms with E-state index in [-0.39, 0.29) is 10.9 Å². The number of sulfonamides is 1. The van der Waals surface area contributed by atoms with Crippen molar-refractivity contribution in [3.05, 3.63) is 72.3 Å². The molecule has 3 rings (SSSR count). The van der Waals surface area contributed by atoms with Crippen LogP contribution >= 0.6 is 0 Å². The van der Waals surface area contributed by atoms with Crippen molar-refractivity contribution in [1.82, 2.24) is 9.62 Å². The van der Waals surface area contributed by atoms with Crippen LogP contribution in [-0.4, -0.2) is 48.1 Å². The molecule has 6 heteroatoms. The number of likely N-dealkylation sites (N-methyl/N-ethyl adjacent to an activating group) is 1. The molecule has 0 unspecified atom stereocenters. The summed E-state index contributed by atoms with van der Waals surface area (Å²) in [5.41, 5.74) is 2.18. The molecule has 3 aromatic carbocycles. The molecular weight excluding hydrogens is 370 g/mol. The molecule has 0 amide bonds. The Bertz CT molecular complexity index is 1040. The first-order valence-electron chi connectivity index (χ1n) is 9.20. The molecule has 0 radical (unpaired) electrons. The van der Waals surface area contributed by atoms with Gasteiger partial charge in [0, 0.05) is 32.4 Å². The minimum absolute atomic E-state index is 0.0635. The highest BCUT2D eigenvalue weighted by molar-refractivity contribution is 7.89. The highest BCUT2D eigenvalue weighted by atomic mass is 32.2. The standard InChI is InChI=1S/C22H27N3O2S/c1-24(2)20-12-9-18(10-13-20)22(25(3)4)16-23-28(26,27)21-14-11-17-7-5-6-8-19(17)15-21/h5-15,22-23H,16H2,1-4H3/t22-/m0/s1. The number of fused-ring (bicyclic) bond motifs is 1. The SMILES string of the molecule is CN(C)c1ccc([C@H](CNS(=O)(=O)c2ccc3ccccc3c2)N(C)C)cc1. The van der Waals surface area contributed by atoms with Gasteiger partial charge in [-0.15, -0.1) is 0 Å². The van der Waals surface area contributed by atoms with Crippen LogP contribution in [0.25, 0.3) is 10.8 Å². The minimum Gasteiger partial charge on any atom is -0.378 e. The van der Waals surface area contributed by atoms with Crippen molar-refractivity contribution in [1.29, 1.82) is 0 Å². The van der Waals surface area contributed by atoms with Gasteiger partial charge in [0.25, 0.3) is 0 Å². The molecule has 0 fully saturated rings. The van der Waals surface area contributed by atoms with E-state index >= 15 is 0 Å². The molecule has 0 heterocycles. The molecule has 5 nitrogen and oxygen atoms in total. The van der Waals surface area contributed by atoms with Crippen molar-refractivity contribution in [2.24, 2.45) is 0 Å². The Balaban J connectivity index is 1.79. The van der Waals surface area contributed by atoms with Crippen molar-refractivity contribution < 1.29 is 8.42 Å². The van der Waals surface area contributed by atoms with Gasteiger partial charge in [0.05, 0.1) is 4.90 Å². The van der Waals surface area contributed by atoms with E-state index in [1.54, 1.807) is 12.1 Å². The second-order valence-electron chi connectivity index (χ2n) is 7.33. The lowest BCUT2D eigenvalue weighted by Gasteiger charge is -2.25.